The molecule has 0 bridgehead atoms. The highest BCUT2D eigenvalue weighted by atomic mass is 19.1. The number of nitrogens with two attached hydrogens (primary N) is 1. The predicted octanol–water partition coefficient (Wildman–Crippen LogP) is 1.01. The molecule has 1 aromatic rings. The average molecular weight is 186 g/mol. The quantitative estimate of drug-likeness (QED) is 0.689. The molecule has 1 rings (SSSR count). The number of hydrogen-bond acceptors (Lipinski definition) is 2. The van der Waals surface area contributed by atoms with E-state index < -0.39 is 11.6 Å². The van der Waals surface area contributed by atoms with Crippen molar-refractivity contribution in [3.63, 3.8) is 0 Å². The summed E-state index contributed by atoms with van der Waals surface area (Å²) in [6, 6.07) is 3.40. The second-order valence-corrected chi connectivity index (χ2v) is 2.70. The number of benzene rings is 1. The fraction of sp³-hybridized carbons (Fsp3) is 0.333. The van der Waals surface area contributed by atoms with Gasteiger partial charge in [-0.1, -0.05) is 0 Å². The lowest BCUT2D eigenvalue weighted by Crippen LogP contribution is -2.22. The molecule has 13 heavy (non-hydrogen) atoms. The van der Waals surface area contributed by atoms with Crippen molar-refractivity contribution in [1.82, 2.24) is 5.32 Å². The van der Waals surface area contributed by atoms with E-state index in [0.29, 0.717) is 25.2 Å². The number of hydrogen-bond donors (Lipinski definition) is 2. The summed E-state index contributed by atoms with van der Waals surface area (Å²) in [5.41, 5.74) is 5.56. The highest BCUT2D eigenvalue weighted by molar-refractivity contribution is 5.18. The number of halogens is 2. The fourth-order valence-electron chi connectivity index (χ4n) is 1.00. The van der Waals surface area contributed by atoms with Crippen molar-refractivity contribution in [2.75, 3.05) is 13.1 Å². The van der Waals surface area contributed by atoms with Crippen molar-refractivity contribution in [3.05, 3.63) is 35.4 Å². The van der Waals surface area contributed by atoms with Crippen molar-refractivity contribution in [3.8, 4) is 0 Å². The maximum absolute atomic E-state index is 13.0. The molecule has 1 aromatic carbocycles. The van der Waals surface area contributed by atoms with Crippen molar-refractivity contribution in [1.29, 1.82) is 0 Å². The topological polar surface area (TPSA) is 38.0 Å². The van der Waals surface area contributed by atoms with Crippen LogP contribution in [0.3, 0.4) is 0 Å². The van der Waals surface area contributed by atoms with Crippen LogP contribution < -0.4 is 11.1 Å². The summed E-state index contributed by atoms with van der Waals surface area (Å²) in [6.07, 6.45) is 0. The smallest absolute Gasteiger partial charge is 0.127 e. The van der Waals surface area contributed by atoms with Gasteiger partial charge in [-0.15, -0.1) is 0 Å². The van der Waals surface area contributed by atoms with E-state index in [-0.39, 0.29) is 0 Å². The third-order valence-electron chi connectivity index (χ3n) is 1.64. The van der Waals surface area contributed by atoms with E-state index >= 15 is 0 Å². The minimum atomic E-state index is -0.425. The van der Waals surface area contributed by atoms with Crippen LogP contribution in [0.25, 0.3) is 0 Å². The second kappa shape index (κ2) is 4.89. The Labute approximate surface area is 75.7 Å². The standard InChI is InChI=1S/C9H12F2N2/c10-8-1-2-9(11)7(5-8)6-13-4-3-12/h1-2,5,13H,3-4,6,12H2. The highest BCUT2D eigenvalue weighted by Gasteiger charge is 2.02. The van der Waals surface area contributed by atoms with Crippen LogP contribution in [0.4, 0.5) is 8.78 Å². The van der Waals surface area contributed by atoms with Crippen molar-refractivity contribution in [2.24, 2.45) is 5.73 Å². The van der Waals surface area contributed by atoms with Gasteiger partial charge in [0.2, 0.25) is 0 Å². The first-order chi connectivity index (χ1) is 6.24. The third-order valence-corrected chi connectivity index (χ3v) is 1.64. The van der Waals surface area contributed by atoms with Gasteiger partial charge in [-0.25, -0.2) is 8.78 Å². The lowest BCUT2D eigenvalue weighted by atomic mass is 10.2. The summed E-state index contributed by atoms with van der Waals surface area (Å²) < 4.78 is 25.6. The van der Waals surface area contributed by atoms with Gasteiger partial charge in [0.15, 0.2) is 0 Å². The zero-order valence-corrected chi connectivity index (χ0v) is 7.19. The summed E-state index contributed by atoms with van der Waals surface area (Å²) in [5.74, 6) is -0.822. The van der Waals surface area contributed by atoms with Crippen LogP contribution in [-0.4, -0.2) is 13.1 Å². The Balaban J connectivity index is 2.59. The number of nitrogens with one attached hydrogen (secondary N) is 1. The summed E-state index contributed by atoms with van der Waals surface area (Å²) in [5, 5.41) is 2.89. The Bertz CT molecular complexity index is 276. The molecule has 0 aliphatic heterocycles. The molecule has 72 valence electrons. The van der Waals surface area contributed by atoms with Gasteiger partial charge in [-0.05, 0) is 18.2 Å². The molecular weight excluding hydrogens is 174 g/mol. The Morgan fingerprint density at radius 3 is 2.77 bits per heavy atom. The van der Waals surface area contributed by atoms with E-state index in [9.17, 15) is 8.78 Å². The minimum Gasteiger partial charge on any atom is -0.329 e. The predicted molar refractivity (Wildman–Crippen MR) is 47.1 cm³/mol. The van der Waals surface area contributed by atoms with E-state index in [1.165, 1.54) is 6.07 Å². The highest BCUT2D eigenvalue weighted by Crippen LogP contribution is 2.08. The molecule has 2 nitrogen and oxygen atoms in total. The van der Waals surface area contributed by atoms with E-state index in [0.717, 1.165) is 12.1 Å². The molecule has 0 amide bonds. The van der Waals surface area contributed by atoms with Crippen molar-refractivity contribution >= 4 is 0 Å². The molecule has 0 fully saturated rings. The second-order valence-electron chi connectivity index (χ2n) is 2.70. The van der Waals surface area contributed by atoms with E-state index in [1.807, 2.05) is 0 Å². The van der Waals surface area contributed by atoms with Gasteiger partial charge < -0.3 is 11.1 Å². The first kappa shape index (κ1) is 10.1. The normalized spacial score (nSPS) is 10.4. The maximum Gasteiger partial charge on any atom is 0.127 e. The van der Waals surface area contributed by atoms with Gasteiger partial charge in [0, 0.05) is 25.2 Å². The van der Waals surface area contributed by atoms with Crippen LogP contribution in [0.2, 0.25) is 0 Å². The summed E-state index contributed by atoms with van der Waals surface area (Å²) in [6.45, 7) is 1.38. The molecule has 0 spiro atoms. The summed E-state index contributed by atoms with van der Waals surface area (Å²) in [4.78, 5) is 0. The van der Waals surface area contributed by atoms with E-state index in [4.69, 9.17) is 5.73 Å². The van der Waals surface area contributed by atoms with E-state index in [2.05, 4.69) is 5.32 Å². The number of rotatable bonds is 4. The summed E-state index contributed by atoms with van der Waals surface area (Å²) >= 11 is 0. The van der Waals surface area contributed by atoms with Crippen LogP contribution >= 0.6 is 0 Å². The van der Waals surface area contributed by atoms with Crippen LogP contribution in [0, 0.1) is 11.6 Å². The van der Waals surface area contributed by atoms with Crippen LogP contribution in [0.15, 0.2) is 18.2 Å². The summed E-state index contributed by atoms with van der Waals surface area (Å²) in [7, 11) is 0. The first-order valence-electron chi connectivity index (χ1n) is 4.08. The lowest BCUT2D eigenvalue weighted by molar-refractivity contribution is 0.570. The van der Waals surface area contributed by atoms with Gasteiger partial charge in [-0.3, -0.25) is 0 Å². The minimum absolute atomic E-state index is 0.306. The molecule has 0 unspecified atom stereocenters. The average Bonchev–Trinajstić information content (AvgIpc) is 2.11. The van der Waals surface area contributed by atoms with Gasteiger partial charge >= 0.3 is 0 Å². The van der Waals surface area contributed by atoms with E-state index in [1.54, 1.807) is 0 Å². The van der Waals surface area contributed by atoms with Crippen molar-refractivity contribution in [2.45, 2.75) is 6.54 Å². The molecule has 0 radical (unpaired) electrons. The largest absolute Gasteiger partial charge is 0.329 e. The molecule has 0 saturated carbocycles. The molecule has 0 heterocycles. The molecule has 4 heteroatoms. The first-order valence-corrected chi connectivity index (χ1v) is 4.08. The Morgan fingerprint density at radius 2 is 2.08 bits per heavy atom. The molecule has 0 aromatic heterocycles. The fourth-order valence-corrected chi connectivity index (χ4v) is 1.00. The molecule has 0 aliphatic rings. The Kier molecular flexibility index (Phi) is 3.79. The lowest BCUT2D eigenvalue weighted by Gasteiger charge is -2.04. The van der Waals surface area contributed by atoms with Crippen LogP contribution in [-0.2, 0) is 6.54 Å². The van der Waals surface area contributed by atoms with Crippen LogP contribution in [0.1, 0.15) is 5.56 Å². The van der Waals surface area contributed by atoms with Gasteiger partial charge in [0.25, 0.3) is 0 Å². The van der Waals surface area contributed by atoms with Crippen LogP contribution in [0.5, 0.6) is 0 Å². The van der Waals surface area contributed by atoms with Crippen molar-refractivity contribution < 1.29 is 8.78 Å². The molecule has 0 aliphatic carbocycles. The molecule has 3 N–H and O–H groups in total. The monoisotopic (exact) mass is 186 g/mol. The molecule has 0 atom stereocenters. The zero-order chi connectivity index (χ0) is 9.68. The Hall–Kier alpha value is -1.00. The zero-order valence-electron chi connectivity index (χ0n) is 7.19. The van der Waals surface area contributed by atoms with Gasteiger partial charge in [0.1, 0.15) is 11.6 Å². The van der Waals surface area contributed by atoms with Gasteiger partial charge in [-0.2, -0.15) is 0 Å². The third kappa shape index (κ3) is 3.08. The Morgan fingerprint density at radius 1 is 1.31 bits per heavy atom. The molecule has 0 saturated heterocycles. The van der Waals surface area contributed by atoms with Gasteiger partial charge in [0.05, 0.1) is 0 Å². The molecular formula is C9H12F2N2. The maximum atomic E-state index is 13.0. The SMILES string of the molecule is NCCNCc1cc(F)ccc1F.